The third-order valence-electron chi connectivity index (χ3n) is 3.18. The molecule has 3 nitrogen and oxygen atoms in total. The number of rotatable bonds is 3. The Kier molecular flexibility index (Phi) is 5.77. The minimum absolute atomic E-state index is 0.421. The minimum Gasteiger partial charge on any atom is -0.331 e. The van der Waals surface area contributed by atoms with Gasteiger partial charge in [0.1, 0.15) is 0 Å². The number of hydrogen-bond donors (Lipinski definition) is 2. The van der Waals surface area contributed by atoms with E-state index in [2.05, 4.69) is 28.8 Å². The van der Waals surface area contributed by atoms with E-state index in [1.165, 1.54) is 5.56 Å². The van der Waals surface area contributed by atoms with E-state index in [4.69, 9.17) is 35.4 Å². The van der Waals surface area contributed by atoms with Crippen molar-refractivity contribution in [3.8, 4) is 0 Å². The Morgan fingerprint density at radius 2 is 1.91 bits per heavy atom. The first-order valence-corrected chi connectivity index (χ1v) is 7.75. The maximum Gasteiger partial charge on any atom is 0.191 e. The summed E-state index contributed by atoms with van der Waals surface area (Å²) in [6.45, 7) is 4.10. The van der Waals surface area contributed by atoms with Gasteiger partial charge in [-0.3, -0.25) is 5.43 Å². The molecule has 0 aliphatic heterocycles. The molecule has 0 aromatic heterocycles. The van der Waals surface area contributed by atoms with Crippen LogP contribution in [0.15, 0.2) is 41.5 Å². The number of hydrazone groups is 1. The van der Waals surface area contributed by atoms with E-state index in [1.807, 2.05) is 25.1 Å². The molecule has 2 aromatic carbocycles. The maximum atomic E-state index is 5.94. The standard InChI is InChI=1S/C16H15Cl2N3S/c1-10-4-3-5-15(11(10)2)20-16(22)21-19-9-12-6-7-13(17)14(18)8-12/h3-9H,1-2H3,(H2,20,21,22). The third kappa shape index (κ3) is 4.44. The van der Waals surface area contributed by atoms with E-state index in [0.717, 1.165) is 16.8 Å². The van der Waals surface area contributed by atoms with Gasteiger partial charge in [0.05, 0.1) is 16.3 Å². The predicted molar refractivity (Wildman–Crippen MR) is 99.3 cm³/mol. The molecular formula is C16H15Cl2N3S. The average molecular weight is 352 g/mol. The number of hydrogen-bond acceptors (Lipinski definition) is 2. The van der Waals surface area contributed by atoms with Crippen molar-refractivity contribution in [1.29, 1.82) is 0 Å². The molecule has 0 radical (unpaired) electrons. The lowest BCUT2D eigenvalue weighted by atomic mass is 10.1. The molecule has 6 heteroatoms. The number of nitrogens with zero attached hydrogens (tertiary/aromatic N) is 1. The molecule has 0 spiro atoms. The highest BCUT2D eigenvalue weighted by Gasteiger charge is 2.02. The van der Waals surface area contributed by atoms with Crippen molar-refractivity contribution in [3.63, 3.8) is 0 Å². The van der Waals surface area contributed by atoms with E-state index < -0.39 is 0 Å². The number of aryl methyl sites for hydroxylation is 1. The summed E-state index contributed by atoms with van der Waals surface area (Å²) in [5.74, 6) is 0. The Labute approximate surface area is 145 Å². The second-order valence-corrected chi connectivity index (χ2v) is 5.97. The number of halogens is 2. The molecule has 2 aromatic rings. The van der Waals surface area contributed by atoms with Gasteiger partial charge in [-0.25, -0.2) is 0 Å². The van der Waals surface area contributed by atoms with Crippen molar-refractivity contribution in [2.24, 2.45) is 5.10 Å². The van der Waals surface area contributed by atoms with E-state index in [0.29, 0.717) is 15.2 Å². The number of benzene rings is 2. The number of thiocarbonyl (C=S) groups is 1. The van der Waals surface area contributed by atoms with E-state index >= 15 is 0 Å². The van der Waals surface area contributed by atoms with Crippen molar-refractivity contribution in [1.82, 2.24) is 5.43 Å². The van der Waals surface area contributed by atoms with Crippen molar-refractivity contribution >= 4 is 52.4 Å². The summed E-state index contributed by atoms with van der Waals surface area (Å²) in [6, 6.07) is 11.3. The quantitative estimate of drug-likeness (QED) is 0.467. The topological polar surface area (TPSA) is 36.4 Å². The van der Waals surface area contributed by atoms with Crippen LogP contribution in [0.2, 0.25) is 10.0 Å². The van der Waals surface area contributed by atoms with Gasteiger partial charge in [0.25, 0.3) is 0 Å². The van der Waals surface area contributed by atoms with Crippen LogP contribution in [0, 0.1) is 13.8 Å². The lowest BCUT2D eigenvalue weighted by molar-refractivity contribution is 1.05. The van der Waals surface area contributed by atoms with Gasteiger partial charge in [0.2, 0.25) is 0 Å². The molecule has 0 heterocycles. The predicted octanol–water partition coefficient (Wildman–Crippen LogP) is 4.93. The second kappa shape index (κ2) is 7.58. The maximum absolute atomic E-state index is 5.94. The van der Waals surface area contributed by atoms with Crippen LogP contribution in [0.5, 0.6) is 0 Å². The van der Waals surface area contributed by atoms with Gasteiger partial charge in [0.15, 0.2) is 5.11 Å². The number of anilines is 1. The third-order valence-corrected chi connectivity index (χ3v) is 4.11. The van der Waals surface area contributed by atoms with Crippen LogP contribution in [0.25, 0.3) is 0 Å². The Morgan fingerprint density at radius 3 is 2.64 bits per heavy atom. The van der Waals surface area contributed by atoms with Crippen molar-refractivity contribution in [2.45, 2.75) is 13.8 Å². The molecule has 0 unspecified atom stereocenters. The Balaban J connectivity index is 1.96. The van der Waals surface area contributed by atoms with Gasteiger partial charge in [-0.2, -0.15) is 5.10 Å². The molecule has 0 fully saturated rings. The van der Waals surface area contributed by atoms with Crippen LogP contribution in [-0.2, 0) is 0 Å². The molecular weight excluding hydrogens is 337 g/mol. The van der Waals surface area contributed by atoms with Crippen LogP contribution >= 0.6 is 35.4 Å². The summed E-state index contributed by atoms with van der Waals surface area (Å²) >= 11 is 17.0. The molecule has 0 bridgehead atoms. The van der Waals surface area contributed by atoms with Crippen LogP contribution in [0.1, 0.15) is 16.7 Å². The fraction of sp³-hybridized carbons (Fsp3) is 0.125. The second-order valence-electron chi connectivity index (χ2n) is 4.75. The minimum atomic E-state index is 0.421. The van der Waals surface area contributed by atoms with Crippen molar-refractivity contribution in [2.75, 3.05) is 5.32 Å². The Bertz CT molecular complexity index is 729. The largest absolute Gasteiger partial charge is 0.331 e. The zero-order valence-electron chi connectivity index (χ0n) is 12.2. The highest BCUT2D eigenvalue weighted by Crippen LogP contribution is 2.21. The summed E-state index contributed by atoms with van der Waals surface area (Å²) in [7, 11) is 0. The van der Waals surface area contributed by atoms with Gasteiger partial charge >= 0.3 is 0 Å². The summed E-state index contributed by atoms with van der Waals surface area (Å²) in [4.78, 5) is 0. The molecule has 0 aliphatic rings. The number of nitrogens with one attached hydrogen (secondary N) is 2. The zero-order chi connectivity index (χ0) is 16.1. The van der Waals surface area contributed by atoms with E-state index in [1.54, 1.807) is 18.3 Å². The average Bonchev–Trinajstić information content (AvgIpc) is 2.48. The molecule has 114 valence electrons. The molecule has 22 heavy (non-hydrogen) atoms. The molecule has 2 rings (SSSR count). The van der Waals surface area contributed by atoms with Crippen LogP contribution in [0.4, 0.5) is 5.69 Å². The van der Waals surface area contributed by atoms with Crippen LogP contribution < -0.4 is 10.7 Å². The molecule has 2 N–H and O–H groups in total. The molecule has 0 saturated carbocycles. The molecule has 0 amide bonds. The molecule has 0 saturated heterocycles. The van der Waals surface area contributed by atoms with E-state index in [-0.39, 0.29) is 0 Å². The van der Waals surface area contributed by atoms with Crippen LogP contribution in [-0.4, -0.2) is 11.3 Å². The fourth-order valence-corrected chi connectivity index (χ4v) is 2.26. The summed E-state index contributed by atoms with van der Waals surface area (Å²) in [6.07, 6.45) is 1.62. The first kappa shape index (κ1) is 16.7. The normalized spacial score (nSPS) is 10.7. The summed E-state index contributed by atoms with van der Waals surface area (Å²) < 4.78 is 0. The fourth-order valence-electron chi connectivity index (χ4n) is 1.79. The lowest BCUT2D eigenvalue weighted by Gasteiger charge is -2.11. The summed E-state index contributed by atoms with van der Waals surface area (Å²) in [5, 5.41) is 8.62. The van der Waals surface area contributed by atoms with Gasteiger partial charge in [-0.1, -0.05) is 41.4 Å². The van der Waals surface area contributed by atoms with E-state index in [9.17, 15) is 0 Å². The smallest absolute Gasteiger partial charge is 0.191 e. The van der Waals surface area contributed by atoms with Gasteiger partial charge in [-0.15, -0.1) is 0 Å². The monoisotopic (exact) mass is 351 g/mol. The van der Waals surface area contributed by atoms with Gasteiger partial charge in [-0.05, 0) is 61.0 Å². The van der Waals surface area contributed by atoms with Crippen molar-refractivity contribution < 1.29 is 0 Å². The molecule has 0 aliphatic carbocycles. The highest BCUT2D eigenvalue weighted by molar-refractivity contribution is 7.80. The first-order valence-electron chi connectivity index (χ1n) is 6.58. The van der Waals surface area contributed by atoms with Gasteiger partial charge in [0, 0.05) is 5.69 Å². The Hall–Kier alpha value is -1.62. The zero-order valence-corrected chi connectivity index (χ0v) is 14.5. The summed E-state index contributed by atoms with van der Waals surface area (Å²) in [5.41, 5.74) is 6.92. The Morgan fingerprint density at radius 1 is 1.14 bits per heavy atom. The highest BCUT2D eigenvalue weighted by atomic mass is 35.5. The van der Waals surface area contributed by atoms with Gasteiger partial charge < -0.3 is 5.32 Å². The lowest BCUT2D eigenvalue weighted by Crippen LogP contribution is -2.24. The molecule has 0 atom stereocenters. The van der Waals surface area contributed by atoms with Crippen molar-refractivity contribution in [3.05, 3.63) is 63.1 Å². The first-order chi connectivity index (χ1) is 10.5. The van der Waals surface area contributed by atoms with Crippen LogP contribution in [0.3, 0.4) is 0 Å². The SMILES string of the molecule is Cc1cccc(NC(=S)NN=Cc2ccc(Cl)c(Cl)c2)c1C.